The van der Waals surface area contributed by atoms with E-state index in [1.54, 1.807) is 17.4 Å². The minimum absolute atomic E-state index is 0.0116. The van der Waals surface area contributed by atoms with Crippen LogP contribution < -0.4 is 5.32 Å². The lowest BCUT2D eigenvalue weighted by molar-refractivity contribution is -0.125. The first-order chi connectivity index (χ1) is 14.1. The molecule has 0 radical (unpaired) electrons. The second kappa shape index (κ2) is 10.6. The van der Waals surface area contributed by atoms with Gasteiger partial charge in [0.2, 0.25) is 11.8 Å². The number of nitrogens with one attached hydrogen (secondary N) is 1. The molecule has 1 aliphatic heterocycles. The van der Waals surface area contributed by atoms with Gasteiger partial charge in [-0.05, 0) is 37.6 Å². The fourth-order valence-electron chi connectivity index (χ4n) is 3.31. The van der Waals surface area contributed by atoms with Crippen molar-refractivity contribution < 1.29 is 9.59 Å². The molecule has 0 bridgehead atoms. The first-order valence-corrected chi connectivity index (χ1v) is 11.1. The molecule has 2 amide bonds. The Morgan fingerprint density at radius 1 is 1.14 bits per heavy atom. The number of rotatable bonds is 6. The third-order valence-corrected chi connectivity index (χ3v) is 6.21. The van der Waals surface area contributed by atoms with Crippen LogP contribution in [0.1, 0.15) is 18.2 Å². The van der Waals surface area contributed by atoms with Gasteiger partial charge in [0, 0.05) is 59.1 Å². The van der Waals surface area contributed by atoms with Crippen molar-refractivity contribution in [2.24, 2.45) is 0 Å². The molecular weight excluding hydrogens is 406 g/mol. The van der Waals surface area contributed by atoms with Crippen LogP contribution in [0.25, 0.3) is 16.5 Å². The van der Waals surface area contributed by atoms with E-state index in [9.17, 15) is 9.59 Å². The van der Waals surface area contributed by atoms with E-state index in [1.807, 2.05) is 54.3 Å². The van der Waals surface area contributed by atoms with E-state index < -0.39 is 0 Å². The van der Waals surface area contributed by atoms with Crippen molar-refractivity contribution in [3.05, 3.63) is 52.4 Å². The summed E-state index contributed by atoms with van der Waals surface area (Å²) < 4.78 is 0. The summed E-state index contributed by atoms with van der Waals surface area (Å²) in [6.45, 7) is 5.85. The SMILES string of the molecule is CCNC(=O)CN1CCCN(C(=O)/C=C/c2ccc(-c3ccccc3Cl)s2)CC1. The molecule has 2 heterocycles. The van der Waals surface area contributed by atoms with Gasteiger partial charge in [-0.3, -0.25) is 14.5 Å². The van der Waals surface area contributed by atoms with Crippen LogP contribution in [0.3, 0.4) is 0 Å². The molecule has 29 heavy (non-hydrogen) atoms. The lowest BCUT2D eigenvalue weighted by Gasteiger charge is -2.20. The van der Waals surface area contributed by atoms with E-state index in [1.165, 1.54) is 0 Å². The molecule has 2 aromatic rings. The van der Waals surface area contributed by atoms with Crippen molar-refractivity contribution in [3.8, 4) is 10.4 Å². The molecular formula is C22H26ClN3O2S. The number of hydrogen-bond donors (Lipinski definition) is 1. The largest absolute Gasteiger partial charge is 0.355 e. The molecule has 1 saturated heterocycles. The number of carbonyl (C=O) groups excluding carboxylic acids is 2. The average molecular weight is 432 g/mol. The normalized spacial score (nSPS) is 15.4. The van der Waals surface area contributed by atoms with Gasteiger partial charge in [0.15, 0.2) is 0 Å². The Labute approximate surface area is 181 Å². The van der Waals surface area contributed by atoms with Crippen molar-refractivity contribution in [1.82, 2.24) is 15.1 Å². The molecule has 0 atom stereocenters. The highest BCUT2D eigenvalue weighted by atomic mass is 35.5. The molecule has 0 saturated carbocycles. The van der Waals surface area contributed by atoms with Gasteiger partial charge >= 0.3 is 0 Å². The topological polar surface area (TPSA) is 52.7 Å². The van der Waals surface area contributed by atoms with E-state index in [4.69, 9.17) is 11.6 Å². The van der Waals surface area contributed by atoms with Crippen LogP contribution in [-0.2, 0) is 9.59 Å². The summed E-state index contributed by atoms with van der Waals surface area (Å²) in [6, 6.07) is 11.8. The minimum atomic E-state index is 0.0116. The summed E-state index contributed by atoms with van der Waals surface area (Å²) in [6.07, 6.45) is 4.38. The Hall–Kier alpha value is -2.15. The van der Waals surface area contributed by atoms with Crippen LogP contribution in [0.4, 0.5) is 0 Å². The summed E-state index contributed by atoms with van der Waals surface area (Å²) in [5.41, 5.74) is 1.00. The molecule has 0 spiro atoms. The number of carbonyl (C=O) groups is 2. The van der Waals surface area contributed by atoms with Crippen molar-refractivity contribution in [1.29, 1.82) is 0 Å². The maximum Gasteiger partial charge on any atom is 0.246 e. The number of likely N-dealkylation sites (N-methyl/N-ethyl adjacent to an activating group) is 1. The molecule has 1 aromatic carbocycles. The summed E-state index contributed by atoms with van der Waals surface area (Å²) in [5, 5.41) is 3.55. The fraction of sp³-hybridized carbons (Fsp3) is 0.364. The number of hydrogen-bond acceptors (Lipinski definition) is 4. The predicted molar refractivity (Wildman–Crippen MR) is 120 cm³/mol. The molecule has 154 valence electrons. The van der Waals surface area contributed by atoms with Crippen LogP contribution in [0, 0.1) is 0 Å². The molecule has 3 rings (SSSR count). The number of nitrogens with zero attached hydrogens (tertiary/aromatic N) is 2. The summed E-state index contributed by atoms with van der Waals surface area (Å²) in [5.74, 6) is 0.0525. The highest BCUT2D eigenvalue weighted by molar-refractivity contribution is 7.16. The molecule has 1 aromatic heterocycles. The Morgan fingerprint density at radius 3 is 2.76 bits per heavy atom. The van der Waals surface area contributed by atoms with Crippen molar-refractivity contribution >= 4 is 40.8 Å². The summed E-state index contributed by atoms with van der Waals surface area (Å²) in [4.78, 5) is 30.4. The van der Waals surface area contributed by atoms with Gasteiger partial charge in [-0.1, -0.05) is 29.8 Å². The highest BCUT2D eigenvalue weighted by Crippen LogP contribution is 2.33. The molecule has 0 unspecified atom stereocenters. The Balaban J connectivity index is 1.56. The molecule has 0 aliphatic carbocycles. The van der Waals surface area contributed by atoms with Crippen LogP contribution in [0.2, 0.25) is 5.02 Å². The monoisotopic (exact) mass is 431 g/mol. The van der Waals surface area contributed by atoms with Gasteiger partial charge < -0.3 is 10.2 Å². The quantitative estimate of drug-likeness (QED) is 0.708. The van der Waals surface area contributed by atoms with E-state index in [0.29, 0.717) is 32.7 Å². The lowest BCUT2D eigenvalue weighted by atomic mass is 10.2. The Bertz CT molecular complexity index is 880. The standard InChI is InChI=1S/C22H26ClN3O2S/c1-2-24-21(27)16-25-12-5-13-26(15-14-25)22(28)11-9-17-8-10-20(29-17)18-6-3-4-7-19(18)23/h3-4,6-11H,2,5,12-16H2,1H3,(H,24,27)/b11-9+. The lowest BCUT2D eigenvalue weighted by Crippen LogP contribution is -2.39. The first-order valence-electron chi connectivity index (χ1n) is 9.87. The molecule has 7 heteroatoms. The van der Waals surface area contributed by atoms with E-state index in [-0.39, 0.29) is 11.8 Å². The van der Waals surface area contributed by atoms with Crippen LogP contribution in [0.15, 0.2) is 42.5 Å². The number of halogens is 1. The summed E-state index contributed by atoms with van der Waals surface area (Å²) in [7, 11) is 0. The van der Waals surface area contributed by atoms with Gasteiger partial charge in [0.25, 0.3) is 0 Å². The number of benzene rings is 1. The van der Waals surface area contributed by atoms with Crippen LogP contribution in [0.5, 0.6) is 0 Å². The van der Waals surface area contributed by atoms with E-state index in [2.05, 4.69) is 10.2 Å². The van der Waals surface area contributed by atoms with Crippen LogP contribution >= 0.6 is 22.9 Å². The maximum absolute atomic E-state index is 12.6. The smallest absolute Gasteiger partial charge is 0.246 e. The Morgan fingerprint density at radius 2 is 1.97 bits per heavy atom. The van der Waals surface area contributed by atoms with Gasteiger partial charge in [-0.25, -0.2) is 0 Å². The zero-order valence-corrected chi connectivity index (χ0v) is 18.1. The first kappa shape index (κ1) is 21.6. The number of amides is 2. The van der Waals surface area contributed by atoms with E-state index >= 15 is 0 Å². The molecule has 1 aliphatic rings. The van der Waals surface area contributed by atoms with Crippen LogP contribution in [-0.4, -0.2) is 60.9 Å². The third-order valence-electron chi connectivity index (χ3n) is 4.80. The number of thiophene rings is 1. The fourth-order valence-corrected chi connectivity index (χ4v) is 4.56. The van der Waals surface area contributed by atoms with Gasteiger partial charge in [0.1, 0.15) is 0 Å². The molecule has 1 fully saturated rings. The van der Waals surface area contributed by atoms with Crippen molar-refractivity contribution in [2.75, 3.05) is 39.3 Å². The summed E-state index contributed by atoms with van der Waals surface area (Å²) >= 11 is 7.88. The zero-order valence-electron chi connectivity index (χ0n) is 16.6. The van der Waals surface area contributed by atoms with E-state index in [0.717, 1.165) is 33.3 Å². The van der Waals surface area contributed by atoms with Gasteiger partial charge in [0.05, 0.1) is 6.54 Å². The second-order valence-corrected chi connectivity index (χ2v) is 8.45. The third kappa shape index (κ3) is 6.16. The van der Waals surface area contributed by atoms with Crippen molar-refractivity contribution in [2.45, 2.75) is 13.3 Å². The van der Waals surface area contributed by atoms with Gasteiger partial charge in [-0.2, -0.15) is 0 Å². The predicted octanol–water partition coefficient (Wildman–Crippen LogP) is 3.75. The maximum atomic E-state index is 12.6. The molecule has 5 nitrogen and oxygen atoms in total. The minimum Gasteiger partial charge on any atom is -0.355 e. The Kier molecular flexibility index (Phi) is 7.86. The van der Waals surface area contributed by atoms with Gasteiger partial charge in [-0.15, -0.1) is 11.3 Å². The van der Waals surface area contributed by atoms with Crippen molar-refractivity contribution in [3.63, 3.8) is 0 Å². The highest BCUT2D eigenvalue weighted by Gasteiger charge is 2.19. The second-order valence-electron chi connectivity index (χ2n) is 6.92. The molecule has 1 N–H and O–H groups in total. The average Bonchev–Trinajstić information content (AvgIpc) is 3.05. The zero-order chi connectivity index (χ0) is 20.6.